The number of carbonyl (C=O) groups is 3. The number of rotatable bonds is 18. The molecule has 0 spiro atoms. The van der Waals surface area contributed by atoms with E-state index >= 15 is 0 Å². The van der Waals surface area contributed by atoms with Gasteiger partial charge in [-0.1, -0.05) is 73.5 Å². The molecule has 0 saturated carbocycles. The number of carbonyl (C=O) groups excluding carboxylic acids is 3. The fraction of sp³-hybridized carbons (Fsp3) is 0.375. The van der Waals surface area contributed by atoms with Gasteiger partial charge < -0.3 is 39.6 Å². The van der Waals surface area contributed by atoms with Crippen LogP contribution in [0.25, 0.3) is 10.9 Å². The number of benzene rings is 4. The number of amides is 2. The summed E-state index contributed by atoms with van der Waals surface area (Å²) in [6, 6.07) is 30.0. The number of pyridine rings is 1. The summed E-state index contributed by atoms with van der Waals surface area (Å²) in [5, 5.41) is 24.7. The third-order valence-corrected chi connectivity index (χ3v) is 11.7. The van der Waals surface area contributed by atoms with Crippen molar-refractivity contribution >= 4 is 28.9 Å². The second-order valence-electron chi connectivity index (χ2n) is 15.9. The Bertz CT molecular complexity index is 2330. The van der Waals surface area contributed by atoms with E-state index in [-0.39, 0.29) is 43.1 Å². The van der Waals surface area contributed by atoms with E-state index in [1.54, 1.807) is 29.2 Å². The Morgan fingerprint density at radius 1 is 0.885 bits per heavy atom. The number of alkyl carbamates (subject to hydrolysis) is 1. The van der Waals surface area contributed by atoms with Crippen molar-refractivity contribution in [2.75, 3.05) is 39.3 Å². The van der Waals surface area contributed by atoms with Crippen LogP contribution in [0.1, 0.15) is 90.2 Å². The van der Waals surface area contributed by atoms with E-state index < -0.39 is 24.2 Å². The number of H-pyrrole nitrogens is 1. The van der Waals surface area contributed by atoms with Gasteiger partial charge >= 0.3 is 12.1 Å². The molecule has 2 bridgehead atoms. The number of hydrogen-bond acceptors (Lipinski definition) is 10. The first kappa shape index (κ1) is 42.9. The largest absolute Gasteiger partial charge is 0.506 e. The molecule has 4 N–H and O–H groups in total. The molecule has 0 unspecified atom stereocenters. The Labute approximate surface area is 355 Å². The van der Waals surface area contributed by atoms with Gasteiger partial charge in [0.1, 0.15) is 30.8 Å². The van der Waals surface area contributed by atoms with Gasteiger partial charge in [-0.2, -0.15) is 0 Å². The van der Waals surface area contributed by atoms with Crippen molar-refractivity contribution < 1.29 is 38.8 Å². The molecule has 1 aromatic heterocycles. The Hall–Kier alpha value is -6.18. The lowest BCUT2D eigenvalue weighted by molar-refractivity contribution is -0.129. The summed E-state index contributed by atoms with van der Waals surface area (Å²) in [6.07, 6.45) is 3.44. The fourth-order valence-electron chi connectivity index (χ4n) is 8.31. The standard InChI is InChI=1S/C48H54N4O9/c1-32(53)52(24-7-3-6-13-41(54)39-18-20-42(55)46-40(39)19-21-44(56)49-46)27-28-59-47(57)36-16-14-33(15-17-36)31-60-38-12-8-11-37(29-38)45(35-9-4-2-5-10-35)50-48(58)61-43-30-51-25-22-34(43)23-26-51/h2,4-5,8-12,14-21,29,34,41,43,45,54-55H,3,6-7,13,22-28,30-31H2,1H3,(H,49,56)(H,50,58)/t41-,43-,45-/m0/s1. The van der Waals surface area contributed by atoms with Crippen LogP contribution in [-0.4, -0.2) is 88.4 Å². The Morgan fingerprint density at radius 2 is 1.66 bits per heavy atom. The van der Waals surface area contributed by atoms with Gasteiger partial charge in [0.2, 0.25) is 11.5 Å². The van der Waals surface area contributed by atoms with Crippen molar-refractivity contribution in [1.29, 1.82) is 0 Å². The number of ether oxygens (including phenoxy) is 3. The molecule has 8 rings (SSSR count). The number of piperidine rings is 3. The minimum absolute atomic E-state index is 0.0462. The minimum atomic E-state index is -0.781. The van der Waals surface area contributed by atoms with Crippen LogP contribution in [0.15, 0.2) is 108 Å². The van der Waals surface area contributed by atoms with Gasteiger partial charge in [0, 0.05) is 31.5 Å². The van der Waals surface area contributed by atoms with E-state index in [0.29, 0.717) is 59.5 Å². The van der Waals surface area contributed by atoms with Crippen LogP contribution in [0.4, 0.5) is 4.79 Å². The van der Waals surface area contributed by atoms with Crippen molar-refractivity contribution in [2.24, 2.45) is 5.92 Å². The lowest BCUT2D eigenvalue weighted by Crippen LogP contribution is -2.52. The Morgan fingerprint density at radius 3 is 2.39 bits per heavy atom. The first-order valence-corrected chi connectivity index (χ1v) is 21.1. The third kappa shape index (κ3) is 11.4. The van der Waals surface area contributed by atoms with Gasteiger partial charge in [0.25, 0.3) is 0 Å². The average Bonchev–Trinajstić information content (AvgIpc) is 3.28. The zero-order valence-corrected chi connectivity index (χ0v) is 34.5. The number of aliphatic hydroxyl groups excluding tert-OH is 1. The molecule has 4 heterocycles. The van der Waals surface area contributed by atoms with Crippen LogP contribution in [0.2, 0.25) is 0 Å². The molecule has 2 amide bonds. The van der Waals surface area contributed by atoms with E-state index in [4.69, 9.17) is 14.2 Å². The number of fused-ring (bicyclic) bond motifs is 4. The van der Waals surface area contributed by atoms with E-state index in [9.17, 15) is 29.4 Å². The maximum atomic E-state index is 13.2. The smallest absolute Gasteiger partial charge is 0.408 e. The molecule has 4 aromatic carbocycles. The SMILES string of the molecule is CC(=O)N(CCCCC[C@H](O)c1ccc(O)c2[nH]c(=O)ccc12)CCOC(=O)c1ccc(COc2cccc([C@@H](NC(=O)O[C@H]3CN4CCC3CC4)c3ccccc3)c2)cc1. The molecule has 3 saturated heterocycles. The van der Waals surface area contributed by atoms with Gasteiger partial charge in [-0.15, -0.1) is 0 Å². The van der Waals surface area contributed by atoms with Crippen molar-refractivity contribution in [1.82, 2.24) is 20.1 Å². The minimum Gasteiger partial charge on any atom is -0.506 e. The summed E-state index contributed by atoms with van der Waals surface area (Å²) in [5.74, 6) is 0.371. The van der Waals surface area contributed by atoms with Crippen molar-refractivity contribution in [2.45, 2.75) is 70.3 Å². The molecular formula is C48H54N4O9. The predicted octanol–water partition coefficient (Wildman–Crippen LogP) is 7.02. The summed E-state index contributed by atoms with van der Waals surface area (Å²) < 4.78 is 17.6. The van der Waals surface area contributed by atoms with Gasteiger partial charge in [-0.05, 0) is 103 Å². The highest BCUT2D eigenvalue weighted by Gasteiger charge is 2.37. The molecule has 5 aromatic rings. The quantitative estimate of drug-likeness (QED) is 0.0532. The molecule has 3 aliphatic rings. The van der Waals surface area contributed by atoms with Crippen molar-refractivity contribution in [3.63, 3.8) is 0 Å². The van der Waals surface area contributed by atoms with E-state index in [2.05, 4.69) is 15.2 Å². The molecule has 320 valence electrons. The van der Waals surface area contributed by atoms with Gasteiger partial charge in [0.05, 0.1) is 29.8 Å². The number of hydrogen-bond donors (Lipinski definition) is 4. The highest BCUT2D eigenvalue weighted by atomic mass is 16.6. The van der Waals surface area contributed by atoms with Gasteiger partial charge in [-0.3, -0.25) is 14.5 Å². The van der Waals surface area contributed by atoms with Gasteiger partial charge in [0.15, 0.2) is 0 Å². The van der Waals surface area contributed by atoms with Crippen molar-refractivity contribution in [3.05, 3.63) is 141 Å². The fourth-order valence-corrected chi connectivity index (χ4v) is 8.31. The molecular weight excluding hydrogens is 777 g/mol. The lowest BCUT2D eigenvalue weighted by atomic mass is 9.86. The zero-order chi connectivity index (χ0) is 42.7. The molecule has 0 radical (unpaired) electrons. The highest BCUT2D eigenvalue weighted by molar-refractivity contribution is 5.89. The van der Waals surface area contributed by atoms with Gasteiger partial charge in [-0.25, -0.2) is 9.59 Å². The summed E-state index contributed by atoms with van der Waals surface area (Å²) in [4.78, 5) is 56.8. The zero-order valence-electron chi connectivity index (χ0n) is 34.5. The topological polar surface area (TPSA) is 171 Å². The summed E-state index contributed by atoms with van der Waals surface area (Å²) >= 11 is 0. The number of unbranched alkanes of at least 4 members (excludes halogenated alkanes) is 2. The molecule has 3 atom stereocenters. The summed E-state index contributed by atoms with van der Waals surface area (Å²) in [7, 11) is 0. The number of aliphatic hydroxyl groups is 1. The lowest BCUT2D eigenvalue weighted by Gasteiger charge is -2.43. The van der Waals surface area contributed by atoms with Crippen molar-refractivity contribution in [3.8, 4) is 11.5 Å². The molecule has 61 heavy (non-hydrogen) atoms. The Kier molecular flexibility index (Phi) is 14.3. The van der Waals surface area contributed by atoms with E-state index in [0.717, 1.165) is 55.6 Å². The number of nitrogens with one attached hydrogen (secondary N) is 2. The normalized spacial score (nSPS) is 17.9. The van der Waals surface area contributed by atoms with Crippen LogP contribution in [-0.2, 0) is 20.9 Å². The molecule has 0 aliphatic carbocycles. The van der Waals surface area contributed by atoms with Crippen LogP contribution in [0.3, 0.4) is 0 Å². The number of aromatic amines is 1. The van der Waals surface area contributed by atoms with Crippen LogP contribution in [0.5, 0.6) is 11.5 Å². The van der Waals surface area contributed by atoms with E-state index in [1.165, 1.54) is 19.1 Å². The molecule has 13 nitrogen and oxygen atoms in total. The summed E-state index contributed by atoms with van der Waals surface area (Å²) in [6.45, 7) is 5.45. The average molecular weight is 831 g/mol. The molecule has 3 fully saturated rings. The first-order chi connectivity index (χ1) is 29.6. The maximum absolute atomic E-state index is 13.2. The van der Waals surface area contributed by atoms with E-state index in [1.807, 2.05) is 66.7 Å². The number of esters is 1. The summed E-state index contributed by atoms with van der Waals surface area (Å²) in [5.41, 5.74) is 3.60. The number of aromatic hydroxyl groups is 1. The molecule has 13 heteroatoms. The van der Waals surface area contributed by atoms with Crippen LogP contribution >= 0.6 is 0 Å². The number of phenolic OH excluding ortho intramolecular Hbond substituents is 1. The first-order valence-electron chi connectivity index (χ1n) is 21.1. The highest BCUT2D eigenvalue weighted by Crippen LogP contribution is 2.32. The number of nitrogens with zero attached hydrogens (tertiary/aromatic N) is 2. The Balaban J connectivity index is 0.844. The number of aromatic nitrogens is 1. The van der Waals surface area contributed by atoms with Crippen LogP contribution < -0.4 is 15.6 Å². The molecule has 3 aliphatic heterocycles. The second kappa shape index (κ2) is 20.4. The van der Waals surface area contributed by atoms with Crippen LogP contribution in [0, 0.1) is 5.92 Å². The predicted molar refractivity (Wildman–Crippen MR) is 230 cm³/mol. The maximum Gasteiger partial charge on any atom is 0.408 e. The third-order valence-electron chi connectivity index (χ3n) is 11.7. The second-order valence-corrected chi connectivity index (χ2v) is 15.9. The monoisotopic (exact) mass is 830 g/mol. The number of phenols is 1.